The van der Waals surface area contributed by atoms with Crippen LogP contribution < -0.4 is 0 Å². The van der Waals surface area contributed by atoms with Gasteiger partial charge >= 0.3 is 5.97 Å². The standard InChI is InChI=1S/C28H34O7/c1-16-12-13-22-17(2)25(32-26-28(22)21(16)14-15-27(3,33-26)34-35-28)31-23(24(29)30-4)20-11-7-9-18-8-5-6-10-19(18)20/h5-11,16-17,21-23,25-26H,12-15H2,1-4H3/t16-,17-,21?,22?,23-,25+,26-,27+,28-/m1/s1. The molecule has 0 radical (unpaired) electrons. The molecule has 1 spiro atoms. The lowest BCUT2D eigenvalue weighted by Gasteiger charge is -2.60. The summed E-state index contributed by atoms with van der Waals surface area (Å²) in [6, 6.07) is 13.8. The Morgan fingerprint density at radius 1 is 1.03 bits per heavy atom. The minimum Gasteiger partial charge on any atom is -0.467 e. The van der Waals surface area contributed by atoms with Crippen molar-refractivity contribution in [2.24, 2.45) is 23.7 Å². The van der Waals surface area contributed by atoms with E-state index in [9.17, 15) is 4.79 Å². The van der Waals surface area contributed by atoms with E-state index < -0.39 is 36.0 Å². The first-order valence-electron chi connectivity index (χ1n) is 12.8. The normalized spacial score (nSPS) is 41.1. The smallest absolute Gasteiger partial charge is 0.339 e. The quantitative estimate of drug-likeness (QED) is 0.434. The van der Waals surface area contributed by atoms with E-state index in [1.165, 1.54) is 7.11 Å². The van der Waals surface area contributed by atoms with Gasteiger partial charge in [0.05, 0.1) is 7.11 Å². The third-order valence-electron chi connectivity index (χ3n) is 8.89. The molecular weight excluding hydrogens is 448 g/mol. The van der Waals surface area contributed by atoms with E-state index in [2.05, 4.69) is 13.8 Å². The zero-order valence-electron chi connectivity index (χ0n) is 20.8. The van der Waals surface area contributed by atoms with Crippen LogP contribution >= 0.6 is 0 Å². The molecule has 0 N–H and O–H groups in total. The minimum absolute atomic E-state index is 0.0435. The molecule has 5 aliphatic rings. The SMILES string of the molecule is COC(=O)[C@H](O[C@H]1O[C@@H]2O[C@]3(C)CCC4[C@H](C)CCC([C@H]1C)[C@]42OO3)c1cccc2ccccc12. The summed E-state index contributed by atoms with van der Waals surface area (Å²) in [5, 5.41) is 1.98. The van der Waals surface area contributed by atoms with Crippen LogP contribution in [0.5, 0.6) is 0 Å². The molecule has 9 atom stereocenters. The Bertz CT molecular complexity index is 1110. The number of methoxy groups -OCH3 is 1. The lowest BCUT2D eigenvalue weighted by atomic mass is 9.58. The summed E-state index contributed by atoms with van der Waals surface area (Å²) in [7, 11) is 1.39. The molecule has 2 aromatic carbocycles. The highest BCUT2D eigenvalue weighted by Gasteiger charge is 2.69. The van der Waals surface area contributed by atoms with E-state index in [0.29, 0.717) is 5.92 Å². The molecule has 2 unspecified atom stereocenters. The van der Waals surface area contributed by atoms with Gasteiger partial charge < -0.3 is 18.9 Å². The largest absolute Gasteiger partial charge is 0.467 e. The molecule has 7 rings (SSSR count). The molecule has 188 valence electrons. The van der Waals surface area contributed by atoms with Gasteiger partial charge in [0.15, 0.2) is 24.3 Å². The van der Waals surface area contributed by atoms with Gasteiger partial charge in [0.25, 0.3) is 0 Å². The van der Waals surface area contributed by atoms with Gasteiger partial charge in [-0.05, 0) is 54.4 Å². The van der Waals surface area contributed by atoms with E-state index in [1.807, 2.05) is 49.4 Å². The molecule has 4 aliphatic heterocycles. The fourth-order valence-electron chi connectivity index (χ4n) is 7.00. The van der Waals surface area contributed by atoms with Crippen LogP contribution in [-0.4, -0.2) is 37.0 Å². The third-order valence-corrected chi connectivity index (χ3v) is 8.89. The number of benzene rings is 2. The summed E-state index contributed by atoms with van der Waals surface area (Å²) >= 11 is 0. The van der Waals surface area contributed by atoms with E-state index in [1.54, 1.807) is 0 Å². The predicted octanol–water partition coefficient (Wildman–Crippen LogP) is 5.28. The van der Waals surface area contributed by atoms with Gasteiger partial charge in [-0.2, -0.15) is 0 Å². The molecule has 35 heavy (non-hydrogen) atoms. The summed E-state index contributed by atoms with van der Waals surface area (Å²) < 4.78 is 24.7. The van der Waals surface area contributed by atoms with Crippen molar-refractivity contribution >= 4 is 16.7 Å². The fraction of sp³-hybridized carbons (Fsp3) is 0.607. The second-order valence-corrected chi connectivity index (χ2v) is 10.9. The number of carbonyl (C=O) groups excluding carboxylic acids is 1. The number of esters is 1. The zero-order chi connectivity index (χ0) is 24.4. The first-order chi connectivity index (χ1) is 16.9. The molecular formula is C28H34O7. The van der Waals surface area contributed by atoms with Crippen LogP contribution in [0, 0.1) is 23.7 Å². The molecule has 7 heteroatoms. The molecule has 5 fully saturated rings. The van der Waals surface area contributed by atoms with Crippen molar-refractivity contribution in [1.82, 2.24) is 0 Å². The van der Waals surface area contributed by atoms with Crippen LogP contribution in [0.4, 0.5) is 0 Å². The van der Waals surface area contributed by atoms with E-state index >= 15 is 0 Å². The highest BCUT2D eigenvalue weighted by molar-refractivity contribution is 5.90. The maximum atomic E-state index is 13.0. The van der Waals surface area contributed by atoms with Gasteiger partial charge in [-0.1, -0.05) is 56.3 Å². The minimum atomic E-state index is -0.929. The van der Waals surface area contributed by atoms with Crippen molar-refractivity contribution in [2.45, 2.75) is 76.5 Å². The predicted molar refractivity (Wildman–Crippen MR) is 127 cm³/mol. The second kappa shape index (κ2) is 8.53. The highest BCUT2D eigenvalue weighted by Crippen LogP contribution is 2.60. The Morgan fingerprint density at radius 2 is 1.83 bits per heavy atom. The average Bonchev–Trinajstić information content (AvgIpc) is 3.10. The van der Waals surface area contributed by atoms with E-state index in [4.69, 9.17) is 28.7 Å². The Balaban J connectivity index is 1.37. The van der Waals surface area contributed by atoms with Crippen molar-refractivity contribution in [2.75, 3.05) is 7.11 Å². The van der Waals surface area contributed by atoms with Gasteiger partial charge in [0, 0.05) is 18.3 Å². The van der Waals surface area contributed by atoms with Crippen LogP contribution in [-0.2, 0) is 33.5 Å². The van der Waals surface area contributed by atoms with Crippen LogP contribution in [0.3, 0.4) is 0 Å². The summed E-state index contributed by atoms with van der Waals surface area (Å²) in [6.07, 6.45) is 1.54. The van der Waals surface area contributed by atoms with Gasteiger partial charge in [0.2, 0.25) is 5.79 Å². The Kier molecular flexibility index (Phi) is 5.69. The van der Waals surface area contributed by atoms with Gasteiger partial charge in [-0.15, -0.1) is 0 Å². The fourth-order valence-corrected chi connectivity index (χ4v) is 7.00. The molecule has 4 heterocycles. The molecule has 1 aliphatic carbocycles. The molecule has 4 saturated heterocycles. The zero-order valence-corrected chi connectivity index (χ0v) is 20.8. The number of ether oxygens (including phenoxy) is 4. The topological polar surface area (TPSA) is 72.5 Å². The maximum Gasteiger partial charge on any atom is 0.339 e. The Labute approximate surface area is 205 Å². The van der Waals surface area contributed by atoms with Crippen LogP contribution in [0.15, 0.2) is 42.5 Å². The maximum absolute atomic E-state index is 13.0. The molecule has 2 aromatic rings. The van der Waals surface area contributed by atoms with Crippen molar-refractivity contribution < 1.29 is 33.5 Å². The summed E-state index contributed by atoms with van der Waals surface area (Å²) in [5.74, 6) is -0.497. The van der Waals surface area contributed by atoms with E-state index in [0.717, 1.165) is 42.0 Å². The number of rotatable bonds is 4. The van der Waals surface area contributed by atoms with Crippen LogP contribution in [0.25, 0.3) is 10.8 Å². The number of hydrogen-bond acceptors (Lipinski definition) is 7. The molecule has 0 aromatic heterocycles. The summed E-state index contributed by atoms with van der Waals surface area (Å²) in [4.78, 5) is 25.2. The molecule has 7 nitrogen and oxygen atoms in total. The lowest BCUT2D eigenvalue weighted by Crippen LogP contribution is -2.70. The second-order valence-electron chi connectivity index (χ2n) is 10.9. The highest BCUT2D eigenvalue weighted by atomic mass is 17.3. The molecule has 1 saturated carbocycles. The molecule has 0 amide bonds. The van der Waals surface area contributed by atoms with Gasteiger partial charge in [0.1, 0.15) is 0 Å². The van der Waals surface area contributed by atoms with Crippen molar-refractivity contribution in [3.8, 4) is 0 Å². The van der Waals surface area contributed by atoms with Crippen molar-refractivity contribution in [3.05, 3.63) is 48.0 Å². The number of hydrogen-bond donors (Lipinski definition) is 0. The average molecular weight is 483 g/mol. The number of carbonyl (C=O) groups is 1. The van der Waals surface area contributed by atoms with Gasteiger partial charge in [-0.25, -0.2) is 14.6 Å². The first-order valence-corrected chi connectivity index (χ1v) is 12.8. The van der Waals surface area contributed by atoms with Crippen molar-refractivity contribution in [1.29, 1.82) is 0 Å². The third kappa shape index (κ3) is 3.55. The van der Waals surface area contributed by atoms with Gasteiger partial charge in [-0.3, -0.25) is 0 Å². The van der Waals surface area contributed by atoms with Crippen LogP contribution in [0.1, 0.15) is 58.1 Å². The van der Waals surface area contributed by atoms with E-state index in [-0.39, 0.29) is 17.8 Å². The Morgan fingerprint density at radius 3 is 2.66 bits per heavy atom. The number of fused-ring (bicyclic) bond motifs is 3. The summed E-state index contributed by atoms with van der Waals surface area (Å²) in [6.45, 7) is 6.31. The molecule has 2 bridgehead atoms. The van der Waals surface area contributed by atoms with Crippen molar-refractivity contribution in [3.63, 3.8) is 0 Å². The first kappa shape index (κ1) is 23.4. The monoisotopic (exact) mass is 482 g/mol. The van der Waals surface area contributed by atoms with Crippen LogP contribution in [0.2, 0.25) is 0 Å². The Hall–Kier alpha value is -2.03. The summed E-state index contributed by atoms with van der Waals surface area (Å²) in [5.41, 5.74) is 0.0868. The lowest BCUT2D eigenvalue weighted by molar-refractivity contribution is -0.578.